The van der Waals surface area contributed by atoms with Gasteiger partial charge in [0.15, 0.2) is 0 Å². The first-order valence-electron chi connectivity index (χ1n) is 6.11. The molecule has 1 N–H and O–H groups in total. The smallest absolute Gasteiger partial charge is 0.0471 e. The molecule has 0 saturated heterocycles. The fraction of sp³-hybridized carbons (Fsp3) is 1.00. The Morgan fingerprint density at radius 2 is 1.93 bits per heavy atom. The molecule has 0 amide bonds. The second-order valence-corrected chi connectivity index (χ2v) is 4.43. The van der Waals surface area contributed by atoms with Gasteiger partial charge in [0.2, 0.25) is 0 Å². The fourth-order valence-corrected chi connectivity index (χ4v) is 2.46. The normalized spacial score (nSPS) is 20.1. The van der Waals surface area contributed by atoms with E-state index in [0.29, 0.717) is 5.41 Å². The highest BCUT2D eigenvalue weighted by Crippen LogP contribution is 2.40. The van der Waals surface area contributed by atoms with Crippen LogP contribution < -0.4 is 5.32 Å². The molecule has 0 bridgehead atoms. The lowest BCUT2D eigenvalue weighted by molar-refractivity contribution is 0.103. The highest BCUT2D eigenvalue weighted by molar-refractivity contribution is 4.86. The van der Waals surface area contributed by atoms with Crippen molar-refractivity contribution in [1.82, 2.24) is 5.32 Å². The minimum atomic E-state index is 0.561. The third-order valence-corrected chi connectivity index (χ3v) is 3.40. The zero-order valence-electron chi connectivity index (χ0n) is 9.77. The van der Waals surface area contributed by atoms with Crippen molar-refractivity contribution in [2.75, 3.05) is 26.3 Å². The molecule has 1 rings (SSSR count). The van der Waals surface area contributed by atoms with E-state index in [-0.39, 0.29) is 0 Å². The maximum Gasteiger partial charge on any atom is 0.0471 e. The fourth-order valence-electron chi connectivity index (χ4n) is 2.46. The van der Waals surface area contributed by atoms with Gasteiger partial charge in [0.25, 0.3) is 0 Å². The molecule has 0 radical (unpaired) electrons. The van der Waals surface area contributed by atoms with Gasteiger partial charge in [0, 0.05) is 19.8 Å². The first-order chi connectivity index (χ1) is 6.83. The molecule has 1 saturated carbocycles. The quantitative estimate of drug-likeness (QED) is 0.636. The average Bonchev–Trinajstić information content (AvgIpc) is 2.65. The Labute approximate surface area is 88.4 Å². The summed E-state index contributed by atoms with van der Waals surface area (Å²) in [5.74, 6) is 0. The van der Waals surface area contributed by atoms with E-state index in [1.165, 1.54) is 38.6 Å². The second-order valence-electron chi connectivity index (χ2n) is 4.43. The molecule has 84 valence electrons. The SMILES string of the molecule is CCNCC1(CCOCC)CCCC1. The van der Waals surface area contributed by atoms with Crippen LogP contribution in [0.2, 0.25) is 0 Å². The van der Waals surface area contributed by atoms with Crippen LogP contribution >= 0.6 is 0 Å². The van der Waals surface area contributed by atoms with E-state index in [1.807, 2.05) is 0 Å². The summed E-state index contributed by atoms with van der Waals surface area (Å²) in [5, 5.41) is 3.50. The Bertz CT molecular complexity index is 141. The molecule has 0 atom stereocenters. The van der Waals surface area contributed by atoms with Gasteiger partial charge in [-0.2, -0.15) is 0 Å². The van der Waals surface area contributed by atoms with Crippen molar-refractivity contribution in [3.63, 3.8) is 0 Å². The van der Waals surface area contributed by atoms with Gasteiger partial charge in [-0.25, -0.2) is 0 Å². The summed E-state index contributed by atoms with van der Waals surface area (Å²) in [4.78, 5) is 0. The molecule has 0 aromatic carbocycles. The number of ether oxygens (including phenoxy) is 1. The predicted octanol–water partition coefficient (Wildman–Crippen LogP) is 2.58. The monoisotopic (exact) mass is 199 g/mol. The summed E-state index contributed by atoms with van der Waals surface area (Å²) in [6.45, 7) is 8.35. The minimum Gasteiger partial charge on any atom is -0.382 e. The Hall–Kier alpha value is -0.0800. The molecular weight excluding hydrogens is 174 g/mol. The Balaban J connectivity index is 2.28. The Morgan fingerprint density at radius 1 is 1.21 bits per heavy atom. The van der Waals surface area contributed by atoms with Crippen molar-refractivity contribution < 1.29 is 4.74 Å². The standard InChI is InChI=1S/C12H25NO/c1-3-13-11-12(7-5-6-8-12)9-10-14-4-2/h13H,3-11H2,1-2H3. The van der Waals surface area contributed by atoms with Crippen LogP contribution in [-0.2, 0) is 4.74 Å². The summed E-state index contributed by atoms with van der Waals surface area (Å²) < 4.78 is 5.47. The van der Waals surface area contributed by atoms with Gasteiger partial charge in [0.05, 0.1) is 0 Å². The average molecular weight is 199 g/mol. The van der Waals surface area contributed by atoms with Crippen LogP contribution in [0, 0.1) is 5.41 Å². The van der Waals surface area contributed by atoms with Crippen LogP contribution in [0.25, 0.3) is 0 Å². The highest BCUT2D eigenvalue weighted by atomic mass is 16.5. The first-order valence-corrected chi connectivity index (χ1v) is 6.11. The van der Waals surface area contributed by atoms with Crippen molar-refractivity contribution in [2.45, 2.75) is 46.0 Å². The summed E-state index contributed by atoms with van der Waals surface area (Å²) >= 11 is 0. The molecule has 0 spiro atoms. The molecule has 1 aliphatic rings. The first kappa shape index (κ1) is 12.0. The molecule has 1 aliphatic carbocycles. The van der Waals surface area contributed by atoms with Gasteiger partial charge < -0.3 is 10.1 Å². The number of nitrogens with one attached hydrogen (secondary N) is 1. The Kier molecular flexibility index (Phi) is 5.49. The summed E-state index contributed by atoms with van der Waals surface area (Å²) in [6, 6.07) is 0. The van der Waals surface area contributed by atoms with Crippen molar-refractivity contribution in [2.24, 2.45) is 5.41 Å². The summed E-state index contributed by atoms with van der Waals surface area (Å²) in [7, 11) is 0. The Morgan fingerprint density at radius 3 is 2.50 bits per heavy atom. The third kappa shape index (κ3) is 3.58. The molecule has 0 heterocycles. The van der Waals surface area contributed by atoms with Gasteiger partial charge in [-0.15, -0.1) is 0 Å². The molecule has 1 fully saturated rings. The molecule has 0 unspecified atom stereocenters. The van der Waals surface area contributed by atoms with E-state index in [9.17, 15) is 0 Å². The van der Waals surface area contributed by atoms with Gasteiger partial charge in [0.1, 0.15) is 0 Å². The van der Waals surface area contributed by atoms with E-state index < -0.39 is 0 Å². The maximum atomic E-state index is 5.47. The van der Waals surface area contributed by atoms with Crippen LogP contribution in [0.5, 0.6) is 0 Å². The lowest BCUT2D eigenvalue weighted by atomic mass is 9.83. The number of hydrogen-bond acceptors (Lipinski definition) is 2. The van der Waals surface area contributed by atoms with Crippen LogP contribution in [0.3, 0.4) is 0 Å². The van der Waals surface area contributed by atoms with Crippen LogP contribution in [0.4, 0.5) is 0 Å². The molecule has 14 heavy (non-hydrogen) atoms. The maximum absolute atomic E-state index is 5.47. The highest BCUT2D eigenvalue weighted by Gasteiger charge is 2.32. The molecule has 0 aromatic rings. The van der Waals surface area contributed by atoms with Crippen molar-refractivity contribution in [1.29, 1.82) is 0 Å². The van der Waals surface area contributed by atoms with Crippen LogP contribution in [-0.4, -0.2) is 26.3 Å². The van der Waals surface area contributed by atoms with Crippen molar-refractivity contribution in [3.8, 4) is 0 Å². The zero-order valence-corrected chi connectivity index (χ0v) is 9.77. The van der Waals surface area contributed by atoms with Crippen molar-refractivity contribution >= 4 is 0 Å². The second kappa shape index (κ2) is 6.41. The third-order valence-electron chi connectivity index (χ3n) is 3.40. The number of hydrogen-bond donors (Lipinski definition) is 1. The lowest BCUT2D eigenvalue weighted by Gasteiger charge is -2.29. The molecule has 2 nitrogen and oxygen atoms in total. The zero-order chi connectivity index (χ0) is 10.3. The van der Waals surface area contributed by atoms with Crippen LogP contribution in [0.15, 0.2) is 0 Å². The van der Waals surface area contributed by atoms with E-state index in [4.69, 9.17) is 4.74 Å². The van der Waals surface area contributed by atoms with Gasteiger partial charge >= 0.3 is 0 Å². The minimum absolute atomic E-state index is 0.561. The van der Waals surface area contributed by atoms with E-state index in [1.54, 1.807) is 0 Å². The van der Waals surface area contributed by atoms with Gasteiger partial charge in [-0.3, -0.25) is 0 Å². The molecule has 2 heteroatoms. The number of rotatable bonds is 7. The molecule has 0 aliphatic heterocycles. The van der Waals surface area contributed by atoms with Crippen molar-refractivity contribution in [3.05, 3.63) is 0 Å². The largest absolute Gasteiger partial charge is 0.382 e. The van der Waals surface area contributed by atoms with Gasteiger partial charge in [-0.05, 0) is 38.1 Å². The predicted molar refractivity (Wildman–Crippen MR) is 60.6 cm³/mol. The van der Waals surface area contributed by atoms with E-state index >= 15 is 0 Å². The summed E-state index contributed by atoms with van der Waals surface area (Å²) in [6.07, 6.45) is 6.86. The summed E-state index contributed by atoms with van der Waals surface area (Å²) in [5.41, 5.74) is 0.561. The van der Waals surface area contributed by atoms with Gasteiger partial charge in [-0.1, -0.05) is 19.8 Å². The molecular formula is C12H25NO. The van der Waals surface area contributed by atoms with Crippen LogP contribution in [0.1, 0.15) is 46.0 Å². The van der Waals surface area contributed by atoms with E-state index in [0.717, 1.165) is 19.8 Å². The molecule has 0 aromatic heterocycles. The topological polar surface area (TPSA) is 21.3 Å². The van der Waals surface area contributed by atoms with E-state index in [2.05, 4.69) is 19.2 Å². The lowest BCUT2D eigenvalue weighted by Crippen LogP contribution is -2.33.